The van der Waals surface area contributed by atoms with E-state index in [9.17, 15) is 4.79 Å². The van der Waals surface area contributed by atoms with Crippen LogP contribution < -0.4 is 5.73 Å². The summed E-state index contributed by atoms with van der Waals surface area (Å²) in [4.78, 5) is 14.5. The Hall–Kier alpha value is -1.83. The molecule has 0 unspecified atom stereocenters. The fraction of sp³-hybridized carbons (Fsp3) is 0.471. The van der Waals surface area contributed by atoms with Crippen LogP contribution in [0.15, 0.2) is 18.2 Å². The summed E-state index contributed by atoms with van der Waals surface area (Å²) >= 11 is 0. The first-order chi connectivity index (χ1) is 9.91. The molecular formula is C17H22N2O2. The summed E-state index contributed by atoms with van der Waals surface area (Å²) in [6, 6.07) is 5.70. The second-order valence-electron chi connectivity index (χ2n) is 5.93. The molecule has 1 heterocycles. The van der Waals surface area contributed by atoms with E-state index in [0.29, 0.717) is 31.8 Å². The molecule has 0 aliphatic carbocycles. The average Bonchev–Trinajstić information content (AvgIpc) is 2.42. The standard InChI is InChI=1S/C17H22N2O2/c1-13-9-14(5-4-6-18)11-15(10-13)16(20)19-7-8-21-17(2,3)12-19/h9-11H,6-8,12,18H2,1-3H3. The van der Waals surface area contributed by atoms with E-state index < -0.39 is 0 Å². The predicted octanol–water partition coefficient (Wildman–Crippen LogP) is 1.56. The van der Waals surface area contributed by atoms with Gasteiger partial charge in [0.1, 0.15) is 0 Å². The van der Waals surface area contributed by atoms with Gasteiger partial charge in [-0.25, -0.2) is 0 Å². The molecule has 0 saturated carbocycles. The Morgan fingerprint density at radius 1 is 1.43 bits per heavy atom. The maximum absolute atomic E-state index is 12.7. The molecule has 21 heavy (non-hydrogen) atoms. The largest absolute Gasteiger partial charge is 0.372 e. The predicted molar refractivity (Wildman–Crippen MR) is 83.0 cm³/mol. The summed E-state index contributed by atoms with van der Waals surface area (Å²) < 4.78 is 5.65. The molecule has 2 N–H and O–H groups in total. The van der Waals surface area contributed by atoms with Gasteiger partial charge in [0.15, 0.2) is 0 Å². The lowest BCUT2D eigenvalue weighted by atomic mass is 10.0. The molecule has 4 nitrogen and oxygen atoms in total. The maximum Gasteiger partial charge on any atom is 0.254 e. The van der Waals surface area contributed by atoms with Crippen molar-refractivity contribution in [2.75, 3.05) is 26.2 Å². The minimum absolute atomic E-state index is 0.0332. The first-order valence-corrected chi connectivity index (χ1v) is 7.15. The van der Waals surface area contributed by atoms with Gasteiger partial charge in [-0.3, -0.25) is 4.79 Å². The van der Waals surface area contributed by atoms with Gasteiger partial charge in [0, 0.05) is 24.2 Å². The highest BCUT2D eigenvalue weighted by Crippen LogP contribution is 2.19. The number of hydrogen-bond donors (Lipinski definition) is 1. The van der Waals surface area contributed by atoms with E-state index in [0.717, 1.165) is 11.1 Å². The number of rotatable bonds is 1. The number of nitrogens with two attached hydrogens (primary N) is 1. The molecule has 1 aromatic carbocycles. The highest BCUT2D eigenvalue weighted by Gasteiger charge is 2.30. The summed E-state index contributed by atoms with van der Waals surface area (Å²) in [5, 5.41) is 0. The van der Waals surface area contributed by atoms with Crippen LogP contribution in [0.2, 0.25) is 0 Å². The van der Waals surface area contributed by atoms with Crippen LogP contribution in [0.4, 0.5) is 0 Å². The zero-order valence-electron chi connectivity index (χ0n) is 12.9. The minimum Gasteiger partial charge on any atom is -0.372 e. The lowest BCUT2D eigenvalue weighted by Crippen LogP contribution is -2.50. The molecule has 0 aromatic heterocycles. The van der Waals surface area contributed by atoms with Crippen molar-refractivity contribution in [2.24, 2.45) is 5.73 Å². The number of amides is 1. The van der Waals surface area contributed by atoms with Gasteiger partial charge < -0.3 is 15.4 Å². The van der Waals surface area contributed by atoms with Crippen molar-refractivity contribution in [1.29, 1.82) is 0 Å². The Morgan fingerprint density at radius 3 is 2.86 bits per heavy atom. The topological polar surface area (TPSA) is 55.6 Å². The van der Waals surface area contributed by atoms with Crippen molar-refractivity contribution in [3.63, 3.8) is 0 Å². The van der Waals surface area contributed by atoms with Crippen LogP contribution in [0.1, 0.15) is 35.3 Å². The lowest BCUT2D eigenvalue weighted by molar-refractivity contribution is -0.0764. The molecule has 1 aliphatic rings. The number of aryl methyl sites for hydroxylation is 1. The molecule has 0 radical (unpaired) electrons. The quantitative estimate of drug-likeness (QED) is 0.797. The third-order valence-corrected chi connectivity index (χ3v) is 3.37. The van der Waals surface area contributed by atoms with E-state index in [1.165, 1.54) is 0 Å². The van der Waals surface area contributed by atoms with Gasteiger partial charge in [-0.2, -0.15) is 0 Å². The highest BCUT2D eigenvalue weighted by molar-refractivity contribution is 5.95. The maximum atomic E-state index is 12.7. The molecule has 1 fully saturated rings. The summed E-state index contributed by atoms with van der Waals surface area (Å²) in [5.74, 6) is 5.85. The molecule has 112 valence electrons. The first-order valence-electron chi connectivity index (χ1n) is 7.15. The van der Waals surface area contributed by atoms with Crippen molar-refractivity contribution in [3.8, 4) is 11.8 Å². The fourth-order valence-electron chi connectivity index (χ4n) is 2.50. The van der Waals surface area contributed by atoms with Crippen molar-refractivity contribution >= 4 is 5.91 Å². The van der Waals surface area contributed by atoms with Gasteiger partial charge in [0.2, 0.25) is 0 Å². The Kier molecular flexibility index (Phi) is 4.66. The summed E-state index contributed by atoms with van der Waals surface area (Å²) in [5.41, 5.74) is 7.63. The van der Waals surface area contributed by atoms with Gasteiger partial charge in [-0.1, -0.05) is 11.8 Å². The van der Waals surface area contributed by atoms with Gasteiger partial charge >= 0.3 is 0 Å². The number of morpholine rings is 1. The number of hydrogen-bond acceptors (Lipinski definition) is 3. The number of nitrogens with zero attached hydrogens (tertiary/aromatic N) is 1. The molecule has 2 rings (SSSR count). The average molecular weight is 286 g/mol. The smallest absolute Gasteiger partial charge is 0.254 e. The van der Waals surface area contributed by atoms with E-state index in [4.69, 9.17) is 10.5 Å². The van der Waals surface area contributed by atoms with E-state index >= 15 is 0 Å². The number of ether oxygens (including phenoxy) is 1. The minimum atomic E-state index is -0.292. The molecule has 0 spiro atoms. The Morgan fingerprint density at radius 2 is 2.19 bits per heavy atom. The van der Waals surface area contributed by atoms with E-state index in [1.54, 1.807) is 0 Å². The number of benzene rings is 1. The Labute approximate surface area is 126 Å². The molecule has 1 aliphatic heterocycles. The summed E-state index contributed by atoms with van der Waals surface area (Å²) in [7, 11) is 0. The number of carbonyl (C=O) groups is 1. The molecular weight excluding hydrogens is 264 g/mol. The molecule has 1 amide bonds. The first kappa shape index (κ1) is 15.6. The lowest BCUT2D eigenvalue weighted by Gasteiger charge is -2.38. The SMILES string of the molecule is Cc1cc(C#CCN)cc(C(=O)N2CCOC(C)(C)C2)c1. The molecule has 4 heteroatoms. The molecule has 1 aromatic rings. The second-order valence-corrected chi connectivity index (χ2v) is 5.93. The second kappa shape index (κ2) is 6.30. The van der Waals surface area contributed by atoms with Crippen LogP contribution in [0.25, 0.3) is 0 Å². The van der Waals surface area contributed by atoms with Crippen molar-refractivity contribution < 1.29 is 9.53 Å². The molecule has 0 atom stereocenters. The van der Waals surface area contributed by atoms with Gasteiger partial charge in [0.25, 0.3) is 5.91 Å². The fourth-order valence-corrected chi connectivity index (χ4v) is 2.50. The summed E-state index contributed by atoms with van der Waals surface area (Å²) in [6.45, 7) is 8.08. The monoisotopic (exact) mass is 286 g/mol. The molecule has 1 saturated heterocycles. The Balaban J connectivity index is 2.24. The van der Waals surface area contributed by atoms with Crippen LogP contribution in [0, 0.1) is 18.8 Å². The van der Waals surface area contributed by atoms with Crippen LogP contribution in [-0.2, 0) is 4.74 Å². The van der Waals surface area contributed by atoms with E-state index in [-0.39, 0.29) is 11.5 Å². The van der Waals surface area contributed by atoms with Crippen LogP contribution in [0.3, 0.4) is 0 Å². The van der Waals surface area contributed by atoms with Crippen LogP contribution in [0.5, 0.6) is 0 Å². The number of carbonyl (C=O) groups excluding carboxylic acids is 1. The van der Waals surface area contributed by atoms with Crippen LogP contribution >= 0.6 is 0 Å². The zero-order valence-corrected chi connectivity index (χ0v) is 12.9. The van der Waals surface area contributed by atoms with Gasteiger partial charge in [-0.15, -0.1) is 0 Å². The van der Waals surface area contributed by atoms with Gasteiger partial charge in [0.05, 0.1) is 18.8 Å². The third-order valence-electron chi connectivity index (χ3n) is 3.37. The van der Waals surface area contributed by atoms with Gasteiger partial charge in [-0.05, 0) is 44.5 Å². The van der Waals surface area contributed by atoms with Crippen molar-refractivity contribution in [2.45, 2.75) is 26.4 Å². The summed E-state index contributed by atoms with van der Waals surface area (Å²) in [6.07, 6.45) is 0. The Bertz CT molecular complexity index is 597. The third kappa shape index (κ3) is 4.07. The molecule has 0 bridgehead atoms. The normalized spacial score (nSPS) is 17.0. The van der Waals surface area contributed by atoms with Crippen LogP contribution in [-0.4, -0.2) is 42.6 Å². The van der Waals surface area contributed by atoms with E-state index in [1.807, 2.05) is 43.9 Å². The van der Waals surface area contributed by atoms with Crippen molar-refractivity contribution in [3.05, 3.63) is 34.9 Å². The van der Waals surface area contributed by atoms with E-state index in [2.05, 4.69) is 11.8 Å². The highest BCUT2D eigenvalue weighted by atomic mass is 16.5. The van der Waals surface area contributed by atoms with Crippen molar-refractivity contribution in [1.82, 2.24) is 4.90 Å². The zero-order chi connectivity index (χ0) is 15.5.